The van der Waals surface area contributed by atoms with Gasteiger partial charge in [0.2, 0.25) is 0 Å². The molecule has 0 amide bonds. The van der Waals surface area contributed by atoms with Crippen molar-refractivity contribution >= 4 is 11.1 Å². The molecule has 0 bridgehead atoms. The molecule has 5 heteroatoms. The molecule has 2 atom stereocenters. The van der Waals surface area contributed by atoms with Gasteiger partial charge in [0.15, 0.2) is 5.58 Å². The zero-order valence-corrected chi connectivity index (χ0v) is 10.8. The van der Waals surface area contributed by atoms with Crippen LogP contribution < -0.4 is 5.73 Å². The summed E-state index contributed by atoms with van der Waals surface area (Å²) in [5, 5.41) is 3.94. The Kier molecular flexibility index (Phi) is 2.80. The summed E-state index contributed by atoms with van der Waals surface area (Å²) in [7, 11) is 2.13. The number of nitrogens with zero attached hydrogens (tertiary/aromatic N) is 3. The van der Waals surface area contributed by atoms with Crippen molar-refractivity contribution in [1.29, 1.82) is 0 Å². The number of aromatic nitrogens is 2. The molecule has 2 aromatic heterocycles. The monoisotopic (exact) mass is 246 g/mol. The van der Waals surface area contributed by atoms with Crippen LogP contribution in [0.1, 0.15) is 30.3 Å². The molecule has 1 saturated heterocycles. The van der Waals surface area contributed by atoms with Gasteiger partial charge in [0.1, 0.15) is 11.2 Å². The summed E-state index contributed by atoms with van der Waals surface area (Å²) in [6.07, 6.45) is 2.01. The van der Waals surface area contributed by atoms with Crippen LogP contribution in [0.15, 0.2) is 16.7 Å². The average molecular weight is 246 g/mol. The van der Waals surface area contributed by atoms with Crippen molar-refractivity contribution in [2.75, 3.05) is 13.6 Å². The molecule has 0 saturated carbocycles. The first-order valence-corrected chi connectivity index (χ1v) is 6.34. The van der Waals surface area contributed by atoms with Gasteiger partial charge < -0.3 is 10.3 Å². The Bertz CT molecular complexity index is 565. The third-order valence-electron chi connectivity index (χ3n) is 3.76. The molecule has 0 aromatic carbocycles. The number of fused-ring (bicyclic) bond motifs is 1. The Morgan fingerprint density at radius 1 is 1.44 bits per heavy atom. The molecule has 0 spiro atoms. The van der Waals surface area contributed by atoms with E-state index in [1.54, 1.807) is 0 Å². The van der Waals surface area contributed by atoms with Gasteiger partial charge in [-0.3, -0.25) is 4.90 Å². The van der Waals surface area contributed by atoms with E-state index >= 15 is 0 Å². The number of likely N-dealkylation sites (tertiary alicyclic amines) is 1. The first-order valence-electron chi connectivity index (χ1n) is 6.34. The van der Waals surface area contributed by atoms with Gasteiger partial charge in [-0.15, -0.1) is 0 Å². The van der Waals surface area contributed by atoms with E-state index in [0.717, 1.165) is 41.9 Å². The molecular formula is C13H18N4O. The number of rotatable bonds is 1. The summed E-state index contributed by atoms with van der Waals surface area (Å²) < 4.78 is 5.19. The van der Waals surface area contributed by atoms with Gasteiger partial charge in [-0.05, 0) is 45.5 Å². The summed E-state index contributed by atoms with van der Waals surface area (Å²) in [6.45, 7) is 2.94. The highest BCUT2D eigenvalue weighted by Gasteiger charge is 2.26. The fourth-order valence-corrected chi connectivity index (χ4v) is 2.60. The molecule has 2 N–H and O–H groups in total. The van der Waals surface area contributed by atoms with Crippen LogP contribution in [0.2, 0.25) is 0 Å². The van der Waals surface area contributed by atoms with E-state index in [-0.39, 0.29) is 6.04 Å². The second-order valence-electron chi connectivity index (χ2n) is 5.13. The van der Waals surface area contributed by atoms with Crippen LogP contribution >= 0.6 is 0 Å². The molecule has 0 aliphatic carbocycles. The highest BCUT2D eigenvalue weighted by Crippen LogP contribution is 2.29. The third kappa shape index (κ3) is 1.89. The van der Waals surface area contributed by atoms with Crippen LogP contribution in [0.5, 0.6) is 0 Å². The molecule has 3 heterocycles. The van der Waals surface area contributed by atoms with Crippen molar-refractivity contribution in [2.24, 2.45) is 5.73 Å². The Morgan fingerprint density at radius 3 is 3.11 bits per heavy atom. The smallest absolute Gasteiger partial charge is 0.185 e. The van der Waals surface area contributed by atoms with Crippen LogP contribution in [0.4, 0.5) is 0 Å². The number of hydrogen-bond donors (Lipinski definition) is 1. The Morgan fingerprint density at radius 2 is 2.28 bits per heavy atom. The molecule has 18 heavy (non-hydrogen) atoms. The predicted molar refractivity (Wildman–Crippen MR) is 69.1 cm³/mol. The van der Waals surface area contributed by atoms with Crippen molar-refractivity contribution < 1.29 is 4.52 Å². The lowest BCUT2D eigenvalue weighted by Gasteiger charge is -2.35. The summed E-state index contributed by atoms with van der Waals surface area (Å²) in [5.41, 5.74) is 9.58. The highest BCUT2D eigenvalue weighted by atomic mass is 16.5. The van der Waals surface area contributed by atoms with Crippen molar-refractivity contribution in [2.45, 2.75) is 31.8 Å². The summed E-state index contributed by atoms with van der Waals surface area (Å²) in [4.78, 5) is 7.01. The molecule has 0 radical (unpaired) electrons. The van der Waals surface area contributed by atoms with Gasteiger partial charge in [-0.2, -0.15) is 0 Å². The van der Waals surface area contributed by atoms with E-state index in [4.69, 9.17) is 10.3 Å². The number of piperidine rings is 1. The van der Waals surface area contributed by atoms with Crippen LogP contribution in [0.25, 0.3) is 11.1 Å². The maximum atomic E-state index is 6.06. The molecule has 2 unspecified atom stereocenters. The van der Waals surface area contributed by atoms with Gasteiger partial charge in [-0.1, -0.05) is 5.16 Å². The van der Waals surface area contributed by atoms with Crippen LogP contribution in [0.3, 0.4) is 0 Å². The SMILES string of the molecule is Cc1noc2ccc(C3CC(N)CCN3C)nc12. The minimum absolute atomic E-state index is 0.271. The maximum absolute atomic E-state index is 6.06. The second kappa shape index (κ2) is 4.33. The fourth-order valence-electron chi connectivity index (χ4n) is 2.60. The lowest BCUT2D eigenvalue weighted by Crippen LogP contribution is -2.40. The number of aryl methyl sites for hydroxylation is 1. The number of pyridine rings is 1. The van der Waals surface area contributed by atoms with Gasteiger partial charge in [0.05, 0.1) is 11.7 Å². The summed E-state index contributed by atoms with van der Waals surface area (Å²) in [5.74, 6) is 0. The molecule has 1 fully saturated rings. The van der Waals surface area contributed by atoms with Crippen molar-refractivity contribution in [1.82, 2.24) is 15.0 Å². The van der Waals surface area contributed by atoms with E-state index in [1.165, 1.54) is 0 Å². The zero-order valence-electron chi connectivity index (χ0n) is 10.8. The minimum atomic E-state index is 0.271. The van der Waals surface area contributed by atoms with E-state index in [1.807, 2.05) is 19.1 Å². The molecule has 3 rings (SSSR count). The van der Waals surface area contributed by atoms with Crippen LogP contribution in [-0.2, 0) is 0 Å². The summed E-state index contributed by atoms with van der Waals surface area (Å²) >= 11 is 0. The van der Waals surface area contributed by atoms with Gasteiger partial charge in [0, 0.05) is 6.04 Å². The lowest BCUT2D eigenvalue weighted by molar-refractivity contribution is 0.168. The largest absolute Gasteiger partial charge is 0.354 e. The minimum Gasteiger partial charge on any atom is -0.354 e. The molecule has 96 valence electrons. The Balaban J connectivity index is 1.99. The average Bonchev–Trinajstić information content (AvgIpc) is 2.74. The lowest BCUT2D eigenvalue weighted by atomic mass is 9.95. The van der Waals surface area contributed by atoms with E-state index in [9.17, 15) is 0 Å². The molecule has 2 aromatic rings. The topological polar surface area (TPSA) is 68.2 Å². The third-order valence-corrected chi connectivity index (χ3v) is 3.76. The number of nitrogens with two attached hydrogens (primary N) is 1. The Hall–Kier alpha value is -1.46. The van der Waals surface area contributed by atoms with E-state index in [0.29, 0.717) is 6.04 Å². The Labute approximate surface area is 106 Å². The standard InChI is InChI=1S/C13H18N4O/c1-8-13-12(18-16-8)4-3-10(15-13)11-7-9(14)5-6-17(11)2/h3-4,9,11H,5-7,14H2,1-2H3. The highest BCUT2D eigenvalue weighted by molar-refractivity contribution is 5.74. The maximum Gasteiger partial charge on any atom is 0.185 e. The second-order valence-corrected chi connectivity index (χ2v) is 5.13. The quantitative estimate of drug-likeness (QED) is 0.828. The van der Waals surface area contributed by atoms with Crippen LogP contribution in [-0.4, -0.2) is 34.7 Å². The van der Waals surface area contributed by atoms with Crippen LogP contribution in [0, 0.1) is 6.92 Å². The molecule has 1 aliphatic rings. The van der Waals surface area contributed by atoms with Gasteiger partial charge in [-0.25, -0.2) is 4.98 Å². The zero-order chi connectivity index (χ0) is 12.7. The first kappa shape index (κ1) is 11.6. The van der Waals surface area contributed by atoms with Gasteiger partial charge >= 0.3 is 0 Å². The normalized spacial score (nSPS) is 25.7. The first-order chi connectivity index (χ1) is 8.65. The van der Waals surface area contributed by atoms with E-state index in [2.05, 4.69) is 22.1 Å². The fraction of sp³-hybridized carbons (Fsp3) is 0.538. The van der Waals surface area contributed by atoms with E-state index < -0.39 is 0 Å². The predicted octanol–water partition coefficient (Wildman–Crippen LogP) is 1.63. The number of hydrogen-bond acceptors (Lipinski definition) is 5. The van der Waals surface area contributed by atoms with Gasteiger partial charge in [0.25, 0.3) is 0 Å². The molecular weight excluding hydrogens is 228 g/mol. The van der Waals surface area contributed by atoms with Crippen molar-refractivity contribution in [3.63, 3.8) is 0 Å². The van der Waals surface area contributed by atoms with Crippen molar-refractivity contribution in [3.8, 4) is 0 Å². The summed E-state index contributed by atoms with van der Waals surface area (Å²) in [6, 6.07) is 4.54. The molecule has 5 nitrogen and oxygen atoms in total. The van der Waals surface area contributed by atoms with Crippen molar-refractivity contribution in [3.05, 3.63) is 23.5 Å². The molecule has 1 aliphatic heterocycles.